The van der Waals surface area contributed by atoms with Crippen LogP contribution in [-0.2, 0) is 0 Å². The van der Waals surface area contributed by atoms with Crippen molar-refractivity contribution >= 4 is 17.4 Å². The Morgan fingerprint density at radius 2 is 2.12 bits per heavy atom. The minimum Gasteiger partial charge on any atom is -0.383 e. The van der Waals surface area contributed by atoms with Gasteiger partial charge in [-0.25, -0.2) is 9.37 Å². The van der Waals surface area contributed by atoms with Crippen molar-refractivity contribution in [3.05, 3.63) is 46.9 Å². The molecule has 17 heavy (non-hydrogen) atoms. The summed E-state index contributed by atoms with van der Waals surface area (Å²) in [6, 6.07) is 7.84. The Morgan fingerprint density at radius 3 is 2.76 bits per heavy atom. The first kappa shape index (κ1) is 11.4. The zero-order valence-corrected chi connectivity index (χ0v) is 9.37. The number of nitrogens with zero attached hydrogens (tertiary/aromatic N) is 2. The molecule has 0 unspecified atom stereocenters. The van der Waals surface area contributed by atoms with Gasteiger partial charge in [-0.1, -0.05) is 17.7 Å². The van der Waals surface area contributed by atoms with E-state index in [1.54, 1.807) is 6.07 Å². The predicted molar refractivity (Wildman–Crippen MR) is 63.8 cm³/mol. The summed E-state index contributed by atoms with van der Waals surface area (Å²) in [6.45, 7) is 0. The third kappa shape index (κ3) is 2.05. The summed E-state index contributed by atoms with van der Waals surface area (Å²) in [7, 11) is 0. The normalized spacial score (nSPS) is 9.94. The Morgan fingerprint density at radius 1 is 1.35 bits per heavy atom. The first-order chi connectivity index (χ1) is 8.13. The average Bonchev–Trinajstić information content (AvgIpc) is 2.32. The van der Waals surface area contributed by atoms with Crippen LogP contribution < -0.4 is 5.73 Å². The molecule has 0 aliphatic rings. The van der Waals surface area contributed by atoms with Crippen LogP contribution in [0.3, 0.4) is 0 Å². The smallest absolute Gasteiger partial charge is 0.141 e. The summed E-state index contributed by atoms with van der Waals surface area (Å²) < 4.78 is 13.0. The highest BCUT2D eigenvalue weighted by Gasteiger charge is 2.10. The van der Waals surface area contributed by atoms with Gasteiger partial charge in [-0.2, -0.15) is 5.26 Å². The maximum Gasteiger partial charge on any atom is 0.141 e. The van der Waals surface area contributed by atoms with E-state index >= 15 is 0 Å². The molecule has 0 bridgehead atoms. The lowest BCUT2D eigenvalue weighted by Gasteiger charge is -2.06. The minimum absolute atomic E-state index is 0.00164. The fourth-order valence-corrected chi connectivity index (χ4v) is 1.68. The highest BCUT2D eigenvalue weighted by Crippen LogP contribution is 2.28. The van der Waals surface area contributed by atoms with Crippen LogP contribution >= 0.6 is 11.6 Å². The molecule has 0 saturated carbocycles. The molecule has 1 aromatic carbocycles. The fourth-order valence-electron chi connectivity index (χ4n) is 1.50. The number of hydrogen-bond acceptors (Lipinski definition) is 3. The summed E-state index contributed by atoms with van der Waals surface area (Å²) in [4.78, 5) is 3.82. The molecule has 0 spiro atoms. The lowest BCUT2D eigenvalue weighted by atomic mass is 10.0. The third-order valence-corrected chi connectivity index (χ3v) is 2.61. The molecule has 0 amide bonds. The topological polar surface area (TPSA) is 62.7 Å². The number of rotatable bonds is 1. The van der Waals surface area contributed by atoms with Gasteiger partial charge in [0, 0.05) is 11.8 Å². The third-order valence-electron chi connectivity index (χ3n) is 2.32. The van der Waals surface area contributed by atoms with E-state index in [-0.39, 0.29) is 16.4 Å². The van der Waals surface area contributed by atoms with Gasteiger partial charge in [0.15, 0.2) is 0 Å². The zero-order valence-electron chi connectivity index (χ0n) is 8.61. The van der Waals surface area contributed by atoms with E-state index in [2.05, 4.69) is 4.98 Å². The molecule has 0 atom stereocenters. The second-order valence-corrected chi connectivity index (χ2v) is 3.77. The van der Waals surface area contributed by atoms with Crippen LogP contribution in [0.4, 0.5) is 10.2 Å². The van der Waals surface area contributed by atoms with Crippen molar-refractivity contribution in [3.63, 3.8) is 0 Å². The molecular formula is C12H7ClFN3. The first-order valence-electron chi connectivity index (χ1n) is 4.73. The molecular weight excluding hydrogens is 241 g/mol. The van der Waals surface area contributed by atoms with Crippen molar-refractivity contribution in [2.45, 2.75) is 0 Å². The number of aromatic nitrogens is 1. The molecule has 3 nitrogen and oxygen atoms in total. The van der Waals surface area contributed by atoms with Crippen molar-refractivity contribution in [1.29, 1.82) is 5.26 Å². The summed E-state index contributed by atoms with van der Waals surface area (Å²) in [5.41, 5.74) is 7.07. The summed E-state index contributed by atoms with van der Waals surface area (Å²) in [5.74, 6) is -0.360. The van der Waals surface area contributed by atoms with Gasteiger partial charge in [0.25, 0.3) is 0 Å². The molecule has 2 aromatic rings. The molecule has 0 saturated heterocycles. The first-order valence-corrected chi connectivity index (χ1v) is 5.11. The predicted octanol–water partition coefficient (Wildman–Crippen LogP) is 2.99. The molecule has 2 N–H and O–H groups in total. The Bertz CT molecular complexity index is 620. The standard InChI is InChI=1S/C12H7ClFN3/c13-10-5-7(1-2-11(10)14)8-3-4-17-12(16)9(8)6-15/h1-5H,(H2,16,17). The van der Waals surface area contributed by atoms with Crippen molar-refractivity contribution < 1.29 is 4.39 Å². The van der Waals surface area contributed by atoms with Crippen molar-refractivity contribution in [3.8, 4) is 17.2 Å². The number of nitrogen functional groups attached to an aromatic ring is 1. The van der Waals surface area contributed by atoms with Crippen molar-refractivity contribution in [2.24, 2.45) is 0 Å². The molecule has 0 fully saturated rings. The van der Waals surface area contributed by atoms with Gasteiger partial charge >= 0.3 is 0 Å². The van der Waals surface area contributed by atoms with Crippen LogP contribution in [0.2, 0.25) is 5.02 Å². The molecule has 0 aliphatic carbocycles. The van der Waals surface area contributed by atoms with Crippen LogP contribution in [0, 0.1) is 17.1 Å². The van der Waals surface area contributed by atoms with E-state index in [1.165, 1.54) is 24.4 Å². The number of pyridine rings is 1. The van der Waals surface area contributed by atoms with Crippen LogP contribution in [0.25, 0.3) is 11.1 Å². The van der Waals surface area contributed by atoms with Crippen molar-refractivity contribution in [1.82, 2.24) is 4.98 Å². The SMILES string of the molecule is N#Cc1c(-c2ccc(F)c(Cl)c2)ccnc1N. The van der Waals surface area contributed by atoms with E-state index < -0.39 is 5.82 Å². The van der Waals surface area contributed by atoms with E-state index in [1.807, 2.05) is 6.07 Å². The quantitative estimate of drug-likeness (QED) is 0.843. The highest BCUT2D eigenvalue weighted by molar-refractivity contribution is 6.31. The van der Waals surface area contributed by atoms with E-state index in [0.29, 0.717) is 11.1 Å². The van der Waals surface area contributed by atoms with Crippen molar-refractivity contribution in [2.75, 3.05) is 5.73 Å². The zero-order chi connectivity index (χ0) is 12.4. The van der Waals surface area contributed by atoms with Gasteiger partial charge in [-0.15, -0.1) is 0 Å². The van der Waals surface area contributed by atoms with E-state index in [9.17, 15) is 4.39 Å². The molecule has 0 radical (unpaired) electrons. The Labute approximate surface area is 102 Å². The Hall–Kier alpha value is -2.12. The summed E-state index contributed by atoms with van der Waals surface area (Å²) >= 11 is 5.69. The molecule has 84 valence electrons. The second-order valence-electron chi connectivity index (χ2n) is 3.36. The number of halogens is 2. The van der Waals surface area contributed by atoms with E-state index in [4.69, 9.17) is 22.6 Å². The second kappa shape index (κ2) is 4.40. The molecule has 1 aromatic heterocycles. The number of hydrogen-bond donors (Lipinski definition) is 1. The van der Waals surface area contributed by atoms with Gasteiger partial charge < -0.3 is 5.73 Å². The number of nitriles is 1. The summed E-state index contributed by atoms with van der Waals surface area (Å²) in [5, 5.41) is 9.01. The molecule has 5 heteroatoms. The molecule has 0 aliphatic heterocycles. The monoisotopic (exact) mass is 247 g/mol. The number of benzene rings is 1. The van der Waals surface area contributed by atoms with Crippen LogP contribution in [-0.4, -0.2) is 4.98 Å². The van der Waals surface area contributed by atoms with Gasteiger partial charge in [-0.3, -0.25) is 0 Å². The lowest BCUT2D eigenvalue weighted by molar-refractivity contribution is 0.628. The summed E-state index contributed by atoms with van der Waals surface area (Å²) in [6.07, 6.45) is 1.49. The average molecular weight is 248 g/mol. The van der Waals surface area contributed by atoms with Gasteiger partial charge in [0.05, 0.1) is 5.02 Å². The fraction of sp³-hybridized carbons (Fsp3) is 0. The largest absolute Gasteiger partial charge is 0.383 e. The van der Waals surface area contributed by atoms with Gasteiger partial charge in [0.2, 0.25) is 0 Å². The number of anilines is 1. The van der Waals surface area contributed by atoms with E-state index in [0.717, 1.165) is 0 Å². The van der Waals surface area contributed by atoms with Crippen LogP contribution in [0.15, 0.2) is 30.5 Å². The molecule has 2 rings (SSSR count). The van der Waals surface area contributed by atoms with Gasteiger partial charge in [0.1, 0.15) is 23.3 Å². The number of nitrogens with two attached hydrogens (primary N) is 1. The maximum absolute atomic E-state index is 13.0. The highest BCUT2D eigenvalue weighted by atomic mass is 35.5. The Balaban J connectivity index is 2.65. The van der Waals surface area contributed by atoms with Crippen LogP contribution in [0.1, 0.15) is 5.56 Å². The lowest BCUT2D eigenvalue weighted by Crippen LogP contribution is -1.96. The van der Waals surface area contributed by atoms with Gasteiger partial charge in [-0.05, 0) is 23.8 Å². The van der Waals surface area contributed by atoms with Crippen LogP contribution in [0.5, 0.6) is 0 Å². The minimum atomic E-state index is -0.504. The maximum atomic E-state index is 13.0. The molecule has 1 heterocycles. The Kier molecular flexibility index (Phi) is 2.94.